The second-order valence-electron chi connectivity index (χ2n) is 7.68. The van der Waals surface area contributed by atoms with Crippen LogP contribution >= 0.6 is 0 Å². The lowest BCUT2D eigenvalue weighted by molar-refractivity contribution is -0.141. The molecule has 1 aliphatic heterocycles. The van der Waals surface area contributed by atoms with Gasteiger partial charge in [0.1, 0.15) is 5.75 Å². The molecule has 0 unspecified atom stereocenters. The van der Waals surface area contributed by atoms with E-state index < -0.39 is 0 Å². The molecule has 0 aromatic heterocycles. The van der Waals surface area contributed by atoms with Crippen molar-refractivity contribution in [3.8, 4) is 5.75 Å². The lowest BCUT2D eigenvalue weighted by atomic mass is 9.87. The molecule has 2 atom stereocenters. The average molecular weight is 363 g/mol. The largest absolute Gasteiger partial charge is 0.496 e. The van der Waals surface area contributed by atoms with Gasteiger partial charge in [-0.15, -0.1) is 0 Å². The van der Waals surface area contributed by atoms with Crippen molar-refractivity contribution in [2.45, 2.75) is 45.7 Å². The minimum absolute atomic E-state index is 0.110. The molecule has 0 radical (unpaired) electrons. The van der Waals surface area contributed by atoms with Crippen LogP contribution in [0.4, 0.5) is 0 Å². The molecular formula is C21H34N2O3. The third kappa shape index (κ3) is 5.21. The number of nitrogens with zero attached hydrogens (tertiary/aromatic N) is 2. The van der Waals surface area contributed by atoms with Crippen molar-refractivity contribution in [1.29, 1.82) is 0 Å². The number of ether oxygens (including phenoxy) is 2. The van der Waals surface area contributed by atoms with Crippen LogP contribution in [0.5, 0.6) is 5.75 Å². The minimum atomic E-state index is -0.110. The Bertz CT molecular complexity index is 616. The summed E-state index contributed by atoms with van der Waals surface area (Å²) < 4.78 is 10.3. The molecule has 5 nitrogen and oxygen atoms in total. The standard InChI is InChI=1S/C21H34N2O3/c1-15-12-20(25-5)16(2)11-18(15)14-23-10-9-19(22(3)4)17(13-23)7-8-21(24)26-6/h11-12,17,19H,7-10,13-14H2,1-6H3/t17-,19+/m0/s1. The number of benzene rings is 1. The molecule has 1 aromatic carbocycles. The summed E-state index contributed by atoms with van der Waals surface area (Å²) in [6.07, 6.45) is 2.51. The predicted molar refractivity (Wildman–Crippen MR) is 105 cm³/mol. The van der Waals surface area contributed by atoms with E-state index in [9.17, 15) is 4.79 Å². The molecule has 1 saturated heterocycles. The normalized spacial score (nSPS) is 21.0. The highest BCUT2D eigenvalue weighted by Crippen LogP contribution is 2.28. The third-order valence-electron chi connectivity index (χ3n) is 5.64. The molecule has 0 saturated carbocycles. The predicted octanol–water partition coefficient (Wildman–Crippen LogP) is 3.02. The average Bonchev–Trinajstić information content (AvgIpc) is 2.62. The fraction of sp³-hybridized carbons (Fsp3) is 0.667. The fourth-order valence-corrected chi connectivity index (χ4v) is 4.09. The first-order valence-electron chi connectivity index (χ1n) is 9.45. The van der Waals surface area contributed by atoms with Crippen LogP contribution in [0.2, 0.25) is 0 Å². The number of hydrogen-bond acceptors (Lipinski definition) is 5. The van der Waals surface area contributed by atoms with Gasteiger partial charge in [0.25, 0.3) is 0 Å². The smallest absolute Gasteiger partial charge is 0.305 e. The molecule has 2 rings (SSSR count). The number of carbonyl (C=O) groups excluding carboxylic acids is 1. The van der Waals surface area contributed by atoms with E-state index in [1.54, 1.807) is 7.11 Å². The first-order chi connectivity index (χ1) is 12.3. The van der Waals surface area contributed by atoms with Crippen LogP contribution in [0.3, 0.4) is 0 Å². The Kier molecular flexibility index (Phi) is 7.47. The van der Waals surface area contributed by atoms with E-state index >= 15 is 0 Å². The summed E-state index contributed by atoms with van der Waals surface area (Å²) >= 11 is 0. The van der Waals surface area contributed by atoms with E-state index in [-0.39, 0.29) is 5.97 Å². The van der Waals surface area contributed by atoms with Crippen LogP contribution < -0.4 is 4.74 Å². The summed E-state index contributed by atoms with van der Waals surface area (Å²) in [5, 5.41) is 0. The zero-order valence-corrected chi connectivity index (χ0v) is 17.2. The summed E-state index contributed by atoms with van der Waals surface area (Å²) in [5.74, 6) is 1.33. The van der Waals surface area contributed by atoms with Gasteiger partial charge in [0.2, 0.25) is 0 Å². The van der Waals surface area contributed by atoms with Crippen molar-refractivity contribution in [2.75, 3.05) is 41.4 Å². The number of aryl methyl sites for hydroxylation is 2. The van der Waals surface area contributed by atoms with E-state index in [1.165, 1.54) is 23.8 Å². The molecular weight excluding hydrogens is 328 g/mol. The van der Waals surface area contributed by atoms with Crippen LogP contribution in [-0.2, 0) is 16.1 Å². The number of carbonyl (C=O) groups is 1. The van der Waals surface area contributed by atoms with E-state index in [0.717, 1.165) is 38.2 Å². The summed E-state index contributed by atoms with van der Waals surface area (Å²) in [6, 6.07) is 4.90. The van der Waals surface area contributed by atoms with Crippen molar-refractivity contribution in [3.63, 3.8) is 0 Å². The maximum absolute atomic E-state index is 11.6. The van der Waals surface area contributed by atoms with Gasteiger partial charge in [-0.1, -0.05) is 6.07 Å². The van der Waals surface area contributed by atoms with Crippen molar-refractivity contribution in [1.82, 2.24) is 9.80 Å². The van der Waals surface area contributed by atoms with Crippen LogP contribution in [0.1, 0.15) is 36.0 Å². The van der Waals surface area contributed by atoms with Crippen LogP contribution in [0.15, 0.2) is 12.1 Å². The maximum Gasteiger partial charge on any atom is 0.305 e. The number of rotatable bonds is 7. The first kappa shape index (κ1) is 20.7. The molecule has 0 aliphatic carbocycles. The maximum atomic E-state index is 11.6. The minimum Gasteiger partial charge on any atom is -0.496 e. The highest BCUT2D eigenvalue weighted by atomic mass is 16.5. The van der Waals surface area contributed by atoms with Gasteiger partial charge in [-0.3, -0.25) is 9.69 Å². The highest BCUT2D eigenvalue weighted by Gasteiger charge is 2.31. The lowest BCUT2D eigenvalue weighted by Crippen LogP contribution is -2.48. The van der Waals surface area contributed by atoms with Crippen molar-refractivity contribution in [2.24, 2.45) is 5.92 Å². The van der Waals surface area contributed by atoms with Gasteiger partial charge in [0, 0.05) is 25.6 Å². The van der Waals surface area contributed by atoms with Gasteiger partial charge in [-0.05, 0) is 76.0 Å². The van der Waals surface area contributed by atoms with Crippen molar-refractivity contribution < 1.29 is 14.3 Å². The lowest BCUT2D eigenvalue weighted by Gasteiger charge is -2.42. The number of hydrogen-bond donors (Lipinski definition) is 0. The Balaban J connectivity index is 2.06. The molecule has 146 valence electrons. The summed E-state index contributed by atoms with van der Waals surface area (Å²) in [4.78, 5) is 16.4. The summed E-state index contributed by atoms with van der Waals surface area (Å²) in [6.45, 7) is 7.30. The van der Waals surface area contributed by atoms with Gasteiger partial charge in [-0.25, -0.2) is 0 Å². The quantitative estimate of drug-likeness (QED) is 0.698. The van der Waals surface area contributed by atoms with E-state index in [4.69, 9.17) is 9.47 Å². The Morgan fingerprint density at radius 3 is 2.58 bits per heavy atom. The Morgan fingerprint density at radius 2 is 1.96 bits per heavy atom. The van der Waals surface area contributed by atoms with Gasteiger partial charge in [-0.2, -0.15) is 0 Å². The monoisotopic (exact) mass is 362 g/mol. The molecule has 1 fully saturated rings. The first-order valence-corrected chi connectivity index (χ1v) is 9.45. The van der Waals surface area contributed by atoms with Crippen molar-refractivity contribution in [3.05, 3.63) is 28.8 Å². The SMILES string of the molecule is COC(=O)CC[C@H]1CN(Cc2cc(C)c(OC)cc2C)CC[C@H]1N(C)C. The Morgan fingerprint density at radius 1 is 1.23 bits per heavy atom. The zero-order chi connectivity index (χ0) is 19.3. The topological polar surface area (TPSA) is 42.0 Å². The fourth-order valence-electron chi connectivity index (χ4n) is 4.09. The van der Waals surface area contributed by atoms with Gasteiger partial charge >= 0.3 is 5.97 Å². The number of piperidine rings is 1. The number of methoxy groups -OCH3 is 2. The highest BCUT2D eigenvalue weighted by molar-refractivity contribution is 5.69. The van der Waals surface area contributed by atoms with Crippen LogP contribution in [-0.4, -0.2) is 63.2 Å². The number of likely N-dealkylation sites (tertiary alicyclic amines) is 1. The van der Waals surface area contributed by atoms with Gasteiger partial charge in [0.15, 0.2) is 0 Å². The van der Waals surface area contributed by atoms with Gasteiger partial charge < -0.3 is 14.4 Å². The van der Waals surface area contributed by atoms with E-state index in [1.807, 2.05) is 0 Å². The summed E-state index contributed by atoms with van der Waals surface area (Å²) in [7, 11) is 7.47. The number of esters is 1. The molecule has 0 N–H and O–H groups in total. The Labute approximate surface area is 158 Å². The molecule has 26 heavy (non-hydrogen) atoms. The van der Waals surface area contributed by atoms with E-state index in [0.29, 0.717) is 18.4 Å². The van der Waals surface area contributed by atoms with E-state index in [2.05, 4.69) is 49.9 Å². The van der Waals surface area contributed by atoms with Gasteiger partial charge in [0.05, 0.1) is 14.2 Å². The zero-order valence-electron chi connectivity index (χ0n) is 17.2. The third-order valence-corrected chi connectivity index (χ3v) is 5.64. The van der Waals surface area contributed by atoms with Crippen molar-refractivity contribution >= 4 is 5.97 Å². The molecule has 0 amide bonds. The molecule has 5 heteroatoms. The molecule has 1 heterocycles. The summed E-state index contributed by atoms with van der Waals surface area (Å²) in [5.41, 5.74) is 3.81. The molecule has 1 aromatic rings. The van der Waals surface area contributed by atoms with Crippen LogP contribution in [0.25, 0.3) is 0 Å². The second-order valence-corrected chi connectivity index (χ2v) is 7.68. The molecule has 0 bridgehead atoms. The second kappa shape index (κ2) is 9.38. The van der Waals surface area contributed by atoms with Crippen LogP contribution in [0, 0.1) is 19.8 Å². The molecule has 1 aliphatic rings. The Hall–Kier alpha value is -1.59. The molecule has 0 spiro atoms.